The van der Waals surface area contributed by atoms with Gasteiger partial charge >= 0.3 is 0 Å². The van der Waals surface area contributed by atoms with E-state index in [1.54, 1.807) is 0 Å². The van der Waals surface area contributed by atoms with E-state index < -0.39 is 31.5 Å². The molecule has 0 amide bonds. The van der Waals surface area contributed by atoms with Gasteiger partial charge < -0.3 is 4.98 Å². The molecule has 10 heteroatoms. The molecule has 1 aromatic heterocycles. The van der Waals surface area contributed by atoms with Crippen LogP contribution in [0.5, 0.6) is 0 Å². The standard InChI is InChI=1S/C10H13ClN2O5S2/c11-9-4-8(5-12-10(9)14)20(17,18)13-7-2-1-3-19(15,16)6-7/h4-5,7,13H,1-3,6H2,(H,12,14). The minimum absolute atomic E-state index is 0.0791. The fourth-order valence-corrected chi connectivity index (χ4v) is 5.24. The predicted molar refractivity (Wildman–Crippen MR) is 74.1 cm³/mol. The lowest BCUT2D eigenvalue weighted by molar-refractivity contribution is 0.517. The predicted octanol–water partition coefficient (Wildman–Crippen LogP) is -0.116. The van der Waals surface area contributed by atoms with Crippen LogP contribution in [0, 0.1) is 0 Å². The number of rotatable bonds is 3. The Morgan fingerprint density at radius 3 is 2.70 bits per heavy atom. The summed E-state index contributed by atoms with van der Waals surface area (Å²) >= 11 is 5.58. The molecule has 0 bridgehead atoms. The van der Waals surface area contributed by atoms with Crippen molar-refractivity contribution in [1.82, 2.24) is 9.71 Å². The summed E-state index contributed by atoms with van der Waals surface area (Å²) in [6.45, 7) is 0. The van der Waals surface area contributed by atoms with Gasteiger partial charge in [-0.2, -0.15) is 0 Å². The molecule has 0 aliphatic carbocycles. The fourth-order valence-electron chi connectivity index (χ4n) is 2.00. The van der Waals surface area contributed by atoms with Crippen molar-refractivity contribution >= 4 is 31.5 Å². The normalized spacial score (nSPS) is 22.6. The van der Waals surface area contributed by atoms with Crippen LogP contribution in [0.1, 0.15) is 12.8 Å². The first-order chi connectivity index (χ1) is 9.20. The lowest BCUT2D eigenvalue weighted by atomic mass is 10.2. The quantitative estimate of drug-likeness (QED) is 0.796. The zero-order chi connectivity index (χ0) is 15.0. The molecule has 0 saturated carbocycles. The molecular weight excluding hydrogens is 328 g/mol. The lowest BCUT2D eigenvalue weighted by Crippen LogP contribution is -2.43. The zero-order valence-corrected chi connectivity index (χ0v) is 12.7. The summed E-state index contributed by atoms with van der Waals surface area (Å²) < 4.78 is 49.5. The monoisotopic (exact) mass is 340 g/mol. The van der Waals surface area contributed by atoms with Gasteiger partial charge in [0.2, 0.25) is 10.0 Å². The second kappa shape index (κ2) is 5.47. The van der Waals surface area contributed by atoms with Crippen LogP contribution in [-0.4, -0.2) is 39.4 Å². The smallest absolute Gasteiger partial charge is 0.266 e. The topological polar surface area (TPSA) is 113 Å². The molecule has 0 spiro atoms. The van der Waals surface area contributed by atoms with Crippen LogP contribution in [0.25, 0.3) is 0 Å². The summed E-state index contributed by atoms with van der Waals surface area (Å²) in [6.07, 6.45) is 1.89. The number of aromatic amines is 1. The summed E-state index contributed by atoms with van der Waals surface area (Å²) in [6, 6.07) is 0.365. The van der Waals surface area contributed by atoms with Gasteiger partial charge in [0, 0.05) is 12.2 Å². The largest absolute Gasteiger partial charge is 0.326 e. The minimum atomic E-state index is -3.92. The van der Waals surface area contributed by atoms with Gasteiger partial charge in [0.25, 0.3) is 5.56 Å². The van der Waals surface area contributed by atoms with Gasteiger partial charge in [-0.3, -0.25) is 4.79 Å². The average molecular weight is 341 g/mol. The third-order valence-corrected chi connectivity index (χ3v) is 6.53. The van der Waals surface area contributed by atoms with Crippen molar-refractivity contribution in [2.45, 2.75) is 23.8 Å². The second-order valence-electron chi connectivity index (χ2n) is 4.59. The van der Waals surface area contributed by atoms with Crippen LogP contribution >= 0.6 is 11.6 Å². The molecular formula is C10H13ClN2O5S2. The Morgan fingerprint density at radius 1 is 1.40 bits per heavy atom. The molecule has 1 aromatic rings. The van der Waals surface area contributed by atoms with Gasteiger partial charge in [-0.1, -0.05) is 11.6 Å². The Labute approximate surface area is 121 Å². The van der Waals surface area contributed by atoms with Crippen molar-refractivity contribution in [2.24, 2.45) is 0 Å². The summed E-state index contributed by atoms with van der Waals surface area (Å²) in [5.74, 6) is -0.140. The van der Waals surface area contributed by atoms with E-state index in [1.165, 1.54) is 0 Å². The first-order valence-corrected chi connectivity index (χ1v) is 9.49. The Morgan fingerprint density at radius 2 is 2.10 bits per heavy atom. The van der Waals surface area contributed by atoms with E-state index in [9.17, 15) is 21.6 Å². The number of aromatic nitrogens is 1. The van der Waals surface area contributed by atoms with Crippen molar-refractivity contribution in [3.63, 3.8) is 0 Å². The lowest BCUT2D eigenvalue weighted by Gasteiger charge is -2.22. The maximum Gasteiger partial charge on any atom is 0.266 e. The zero-order valence-electron chi connectivity index (χ0n) is 10.3. The fraction of sp³-hybridized carbons (Fsp3) is 0.500. The van der Waals surface area contributed by atoms with E-state index in [0.717, 1.165) is 12.3 Å². The number of sulfone groups is 1. The van der Waals surface area contributed by atoms with Gasteiger partial charge in [-0.05, 0) is 18.9 Å². The first kappa shape index (κ1) is 15.5. The number of hydrogen-bond acceptors (Lipinski definition) is 5. The highest BCUT2D eigenvalue weighted by molar-refractivity contribution is 7.91. The molecule has 1 fully saturated rings. The van der Waals surface area contributed by atoms with Crippen LogP contribution in [0.15, 0.2) is 22.0 Å². The number of sulfonamides is 1. The molecule has 1 atom stereocenters. The van der Waals surface area contributed by atoms with E-state index in [4.69, 9.17) is 11.6 Å². The van der Waals surface area contributed by atoms with E-state index in [2.05, 4.69) is 9.71 Å². The van der Waals surface area contributed by atoms with Gasteiger partial charge in [-0.25, -0.2) is 21.6 Å². The molecule has 2 rings (SSSR count). The second-order valence-corrected chi connectivity index (χ2v) is 8.94. The highest BCUT2D eigenvalue weighted by atomic mass is 35.5. The molecule has 1 aliphatic rings. The summed E-state index contributed by atoms with van der Waals surface area (Å²) in [7, 11) is -7.13. The maximum absolute atomic E-state index is 12.1. The molecule has 2 N–H and O–H groups in total. The van der Waals surface area contributed by atoms with Crippen LogP contribution < -0.4 is 10.3 Å². The highest BCUT2D eigenvalue weighted by Gasteiger charge is 2.29. The van der Waals surface area contributed by atoms with Crippen molar-refractivity contribution < 1.29 is 16.8 Å². The summed E-state index contributed by atoms with van der Waals surface area (Å²) in [5, 5.41) is -0.246. The Hall–Kier alpha value is -0.900. The van der Waals surface area contributed by atoms with Crippen molar-refractivity contribution in [3.8, 4) is 0 Å². The number of H-pyrrole nitrogens is 1. The molecule has 1 aliphatic heterocycles. The third-order valence-electron chi connectivity index (χ3n) is 2.93. The van der Waals surface area contributed by atoms with Gasteiger partial charge in [0.05, 0.1) is 16.4 Å². The number of pyridine rings is 1. The van der Waals surface area contributed by atoms with Crippen molar-refractivity contribution in [1.29, 1.82) is 0 Å². The molecule has 0 aromatic carbocycles. The van der Waals surface area contributed by atoms with Gasteiger partial charge in [0.1, 0.15) is 5.02 Å². The molecule has 0 radical (unpaired) electrons. The average Bonchev–Trinajstić information content (AvgIpc) is 2.30. The van der Waals surface area contributed by atoms with Crippen LogP contribution in [-0.2, 0) is 19.9 Å². The van der Waals surface area contributed by atoms with Crippen LogP contribution in [0.4, 0.5) is 0 Å². The number of nitrogens with one attached hydrogen (secondary N) is 2. The molecule has 1 saturated heterocycles. The van der Waals surface area contributed by atoms with E-state index in [0.29, 0.717) is 12.8 Å². The third kappa shape index (κ3) is 3.60. The Balaban J connectivity index is 2.23. The number of halogens is 1. The molecule has 7 nitrogen and oxygen atoms in total. The SMILES string of the molecule is O=c1[nH]cc(S(=O)(=O)NC2CCCS(=O)(=O)C2)cc1Cl. The Bertz CT molecular complexity index is 769. The summed E-state index contributed by atoms with van der Waals surface area (Å²) in [4.78, 5) is 13.1. The van der Waals surface area contributed by atoms with E-state index in [-0.39, 0.29) is 21.4 Å². The maximum atomic E-state index is 12.1. The Kier molecular flexibility index (Phi) is 4.24. The molecule has 20 heavy (non-hydrogen) atoms. The van der Waals surface area contributed by atoms with Crippen LogP contribution in [0.3, 0.4) is 0 Å². The van der Waals surface area contributed by atoms with Crippen molar-refractivity contribution in [3.05, 3.63) is 27.6 Å². The highest BCUT2D eigenvalue weighted by Crippen LogP contribution is 2.16. The number of hydrogen-bond donors (Lipinski definition) is 2. The molecule has 112 valence electrons. The molecule has 2 heterocycles. The molecule has 1 unspecified atom stereocenters. The minimum Gasteiger partial charge on any atom is -0.326 e. The van der Waals surface area contributed by atoms with Gasteiger partial charge in [0.15, 0.2) is 9.84 Å². The van der Waals surface area contributed by atoms with Crippen molar-refractivity contribution in [2.75, 3.05) is 11.5 Å². The summed E-state index contributed by atoms with van der Waals surface area (Å²) in [5.41, 5.74) is -0.592. The van der Waals surface area contributed by atoms with E-state index >= 15 is 0 Å². The first-order valence-electron chi connectivity index (χ1n) is 5.81. The van der Waals surface area contributed by atoms with Gasteiger partial charge in [-0.15, -0.1) is 0 Å². The van der Waals surface area contributed by atoms with E-state index in [1.807, 2.05) is 0 Å². The van der Waals surface area contributed by atoms with Crippen LogP contribution in [0.2, 0.25) is 5.02 Å².